The first kappa shape index (κ1) is 25.0. The molecular weight excluding hydrogens is 494 g/mol. The van der Waals surface area contributed by atoms with Crippen molar-refractivity contribution < 1.29 is 13.2 Å². The van der Waals surface area contributed by atoms with Crippen LogP contribution in [-0.4, -0.2) is 36.7 Å². The van der Waals surface area contributed by atoms with Crippen LogP contribution in [0.5, 0.6) is 0 Å². The van der Waals surface area contributed by atoms with Crippen LogP contribution in [0.3, 0.4) is 0 Å². The van der Waals surface area contributed by atoms with Crippen molar-refractivity contribution in [1.82, 2.24) is 9.29 Å². The highest BCUT2D eigenvalue weighted by molar-refractivity contribution is 7.89. The molecule has 0 aliphatic heterocycles. The summed E-state index contributed by atoms with van der Waals surface area (Å²) in [5, 5.41) is 24.9. The molecule has 0 aliphatic rings. The lowest BCUT2D eigenvalue weighted by atomic mass is 10.1. The molecule has 0 saturated heterocycles. The average molecular weight is 516 g/mol. The van der Waals surface area contributed by atoms with Gasteiger partial charge in [-0.05, 0) is 41.1 Å². The number of hydrogen-bond donors (Lipinski definition) is 1. The Bertz CT molecular complexity index is 1560. The minimum atomic E-state index is -3.90. The van der Waals surface area contributed by atoms with Gasteiger partial charge in [0.1, 0.15) is 0 Å². The quantitative estimate of drug-likeness (QED) is 0.333. The van der Waals surface area contributed by atoms with Crippen molar-refractivity contribution in [2.45, 2.75) is 17.7 Å². The first-order valence-electron chi connectivity index (χ1n) is 11.0. The maximum atomic E-state index is 12.9. The van der Waals surface area contributed by atoms with E-state index in [0.717, 1.165) is 26.3 Å². The van der Waals surface area contributed by atoms with Crippen LogP contribution in [0, 0.1) is 22.7 Å². The van der Waals surface area contributed by atoms with E-state index < -0.39 is 15.9 Å². The number of aromatic nitrogens is 1. The lowest BCUT2D eigenvalue weighted by Gasteiger charge is -2.20. The van der Waals surface area contributed by atoms with Gasteiger partial charge in [0.05, 0.1) is 22.7 Å². The molecule has 4 aromatic rings. The molecule has 1 amide bonds. The molecule has 0 radical (unpaired) electrons. The molecule has 1 aromatic heterocycles. The van der Waals surface area contributed by atoms with E-state index in [1.165, 1.54) is 35.6 Å². The van der Waals surface area contributed by atoms with Crippen LogP contribution < -0.4 is 5.32 Å². The lowest BCUT2D eigenvalue weighted by Crippen LogP contribution is -2.32. The van der Waals surface area contributed by atoms with Crippen molar-refractivity contribution in [1.29, 1.82) is 10.5 Å². The largest absolute Gasteiger partial charge is 0.298 e. The van der Waals surface area contributed by atoms with Crippen LogP contribution in [0.25, 0.3) is 22.0 Å². The molecule has 0 spiro atoms. The molecule has 1 heterocycles. The Morgan fingerprint density at radius 2 is 1.61 bits per heavy atom. The Morgan fingerprint density at radius 1 is 0.944 bits per heavy atom. The summed E-state index contributed by atoms with van der Waals surface area (Å²) in [5.41, 5.74) is 1.96. The third-order valence-corrected chi connectivity index (χ3v) is 8.14. The zero-order valence-corrected chi connectivity index (χ0v) is 20.7. The second-order valence-electron chi connectivity index (χ2n) is 7.80. The van der Waals surface area contributed by atoms with Crippen molar-refractivity contribution in [2.75, 3.05) is 18.4 Å². The van der Waals surface area contributed by atoms with Gasteiger partial charge in [0, 0.05) is 42.4 Å². The Balaban J connectivity index is 1.47. The van der Waals surface area contributed by atoms with Gasteiger partial charge in [0.25, 0.3) is 5.91 Å². The zero-order chi connectivity index (χ0) is 25.5. The molecule has 4 rings (SSSR count). The number of amides is 1. The summed E-state index contributed by atoms with van der Waals surface area (Å²) < 4.78 is 27.0. The Morgan fingerprint density at radius 3 is 2.28 bits per heavy atom. The zero-order valence-electron chi connectivity index (χ0n) is 19.1. The molecule has 10 heteroatoms. The molecule has 36 heavy (non-hydrogen) atoms. The highest BCUT2D eigenvalue weighted by Crippen LogP contribution is 2.28. The SMILES string of the molecule is N#CCCN(CCC#N)S(=O)(=O)c1ccc(C(=O)Nc2nc(-c3ccc4ccccc4c3)cs2)cc1. The highest BCUT2D eigenvalue weighted by atomic mass is 32.2. The number of anilines is 1. The van der Waals surface area contributed by atoms with Crippen LogP contribution in [0.15, 0.2) is 77.0 Å². The van der Waals surface area contributed by atoms with Crippen molar-refractivity contribution in [3.63, 3.8) is 0 Å². The molecule has 0 atom stereocenters. The maximum absolute atomic E-state index is 12.9. The lowest BCUT2D eigenvalue weighted by molar-refractivity contribution is 0.102. The first-order valence-corrected chi connectivity index (χ1v) is 13.3. The van der Waals surface area contributed by atoms with Crippen molar-refractivity contribution in [3.05, 3.63) is 77.7 Å². The highest BCUT2D eigenvalue weighted by Gasteiger charge is 2.24. The molecular formula is C26H21N5O3S2. The standard InChI is InChI=1S/C26H21N5O3S2/c27-13-3-15-31(16-4-14-28)36(33,34)23-11-9-20(10-12-23)25(32)30-26-29-24(18-35-26)22-8-7-19-5-1-2-6-21(19)17-22/h1-2,5-12,17-18H,3-4,15-16H2,(H,29,30,32). The Hall–Kier alpha value is -4.09. The predicted molar refractivity (Wildman–Crippen MR) is 139 cm³/mol. The predicted octanol–water partition coefficient (Wildman–Crippen LogP) is 5.03. The van der Waals surface area contributed by atoms with Gasteiger partial charge in [-0.2, -0.15) is 14.8 Å². The molecule has 0 saturated carbocycles. The monoisotopic (exact) mass is 515 g/mol. The number of carbonyl (C=O) groups is 1. The number of fused-ring (bicyclic) bond motifs is 1. The average Bonchev–Trinajstić information content (AvgIpc) is 3.37. The number of nitriles is 2. The fourth-order valence-corrected chi connectivity index (χ4v) is 5.77. The number of benzene rings is 3. The topological polar surface area (TPSA) is 127 Å². The number of hydrogen-bond acceptors (Lipinski definition) is 7. The second-order valence-corrected chi connectivity index (χ2v) is 10.6. The number of nitrogens with zero attached hydrogens (tertiary/aromatic N) is 4. The van der Waals surface area contributed by atoms with Gasteiger partial charge in [-0.3, -0.25) is 10.1 Å². The summed E-state index contributed by atoms with van der Waals surface area (Å²) in [5.74, 6) is -0.413. The van der Waals surface area contributed by atoms with E-state index in [9.17, 15) is 13.2 Å². The van der Waals surface area contributed by atoms with E-state index in [0.29, 0.717) is 5.13 Å². The molecule has 1 N–H and O–H groups in total. The molecule has 0 bridgehead atoms. The summed E-state index contributed by atoms with van der Waals surface area (Å²) in [4.78, 5) is 17.2. The maximum Gasteiger partial charge on any atom is 0.257 e. The third kappa shape index (κ3) is 5.58. The molecule has 3 aromatic carbocycles. The Kier molecular flexibility index (Phi) is 7.71. The van der Waals surface area contributed by atoms with E-state index in [1.807, 2.05) is 60.0 Å². The number of thiazole rings is 1. The molecule has 0 aliphatic carbocycles. The number of carbonyl (C=O) groups excluding carboxylic acids is 1. The van der Waals surface area contributed by atoms with Crippen molar-refractivity contribution in [3.8, 4) is 23.4 Å². The van der Waals surface area contributed by atoms with Crippen LogP contribution >= 0.6 is 11.3 Å². The fraction of sp³-hybridized carbons (Fsp3) is 0.154. The van der Waals surface area contributed by atoms with Crippen LogP contribution in [0.4, 0.5) is 5.13 Å². The van der Waals surface area contributed by atoms with E-state index in [-0.39, 0.29) is 36.4 Å². The number of rotatable bonds is 9. The number of nitrogens with one attached hydrogen (secondary N) is 1. The minimum Gasteiger partial charge on any atom is -0.298 e. The summed E-state index contributed by atoms with van der Waals surface area (Å²) in [6, 6.07) is 23.5. The summed E-state index contributed by atoms with van der Waals surface area (Å²) >= 11 is 1.30. The van der Waals surface area contributed by atoms with Gasteiger partial charge in [-0.15, -0.1) is 11.3 Å². The smallest absolute Gasteiger partial charge is 0.257 e. The fourth-order valence-electron chi connectivity index (χ4n) is 3.61. The van der Waals surface area contributed by atoms with Gasteiger partial charge >= 0.3 is 0 Å². The summed E-state index contributed by atoms with van der Waals surface area (Å²) in [6.45, 7) is -0.0152. The summed E-state index contributed by atoms with van der Waals surface area (Å²) in [6.07, 6.45) is 0.0281. The van der Waals surface area contributed by atoms with E-state index in [2.05, 4.69) is 10.3 Å². The van der Waals surface area contributed by atoms with Crippen LogP contribution in [-0.2, 0) is 10.0 Å². The Labute approximate surface area is 213 Å². The van der Waals surface area contributed by atoms with E-state index in [4.69, 9.17) is 10.5 Å². The van der Waals surface area contributed by atoms with Crippen molar-refractivity contribution >= 4 is 43.2 Å². The van der Waals surface area contributed by atoms with Gasteiger partial charge in [0.2, 0.25) is 10.0 Å². The van der Waals surface area contributed by atoms with Crippen LogP contribution in [0.1, 0.15) is 23.2 Å². The van der Waals surface area contributed by atoms with Gasteiger partial charge in [0.15, 0.2) is 5.13 Å². The minimum absolute atomic E-state index is 0.00760. The second kappa shape index (κ2) is 11.1. The first-order chi connectivity index (χ1) is 17.4. The van der Waals surface area contributed by atoms with Crippen molar-refractivity contribution in [2.24, 2.45) is 0 Å². The van der Waals surface area contributed by atoms with E-state index >= 15 is 0 Å². The molecule has 8 nitrogen and oxygen atoms in total. The van der Waals surface area contributed by atoms with E-state index in [1.54, 1.807) is 0 Å². The third-order valence-electron chi connectivity index (χ3n) is 5.47. The normalized spacial score (nSPS) is 11.2. The van der Waals surface area contributed by atoms with Crippen LogP contribution in [0.2, 0.25) is 0 Å². The van der Waals surface area contributed by atoms with Gasteiger partial charge in [-0.1, -0.05) is 36.4 Å². The molecule has 180 valence electrons. The van der Waals surface area contributed by atoms with Gasteiger partial charge in [-0.25, -0.2) is 13.4 Å². The molecule has 0 unspecified atom stereocenters. The summed E-state index contributed by atoms with van der Waals surface area (Å²) in [7, 11) is -3.90. The number of sulfonamides is 1. The molecule has 0 fully saturated rings. The van der Waals surface area contributed by atoms with Gasteiger partial charge < -0.3 is 0 Å².